The van der Waals surface area contributed by atoms with Crippen molar-refractivity contribution in [3.8, 4) is 28.6 Å². The first-order chi connectivity index (χ1) is 16.4. The molecule has 10 heteroatoms. The zero-order valence-corrected chi connectivity index (χ0v) is 19.1. The van der Waals surface area contributed by atoms with Crippen LogP contribution in [0.4, 0.5) is 4.39 Å². The second-order valence-electron chi connectivity index (χ2n) is 7.07. The van der Waals surface area contributed by atoms with Gasteiger partial charge in [-0.05, 0) is 42.5 Å². The van der Waals surface area contributed by atoms with E-state index in [1.54, 1.807) is 36.4 Å². The maximum atomic E-state index is 13.5. The van der Waals surface area contributed by atoms with Gasteiger partial charge in [0.05, 0.1) is 42.8 Å². The fourth-order valence-corrected chi connectivity index (χ4v) is 3.73. The minimum absolute atomic E-state index is 0.0148. The number of ether oxygens (including phenoxy) is 3. The summed E-state index contributed by atoms with van der Waals surface area (Å²) >= 11 is 6.04. The lowest BCUT2D eigenvalue weighted by Gasteiger charge is -2.18. The van der Waals surface area contributed by atoms with Gasteiger partial charge in [-0.15, -0.1) is 0 Å². The van der Waals surface area contributed by atoms with E-state index in [0.717, 1.165) is 16.8 Å². The van der Waals surface area contributed by atoms with Crippen molar-refractivity contribution in [3.63, 3.8) is 0 Å². The van der Waals surface area contributed by atoms with Crippen molar-refractivity contribution < 1.29 is 23.4 Å². The minimum atomic E-state index is -0.724. The highest BCUT2D eigenvalue weighted by Crippen LogP contribution is 2.40. The summed E-state index contributed by atoms with van der Waals surface area (Å²) in [7, 11) is 4.39. The predicted molar refractivity (Wildman–Crippen MR) is 126 cm³/mol. The van der Waals surface area contributed by atoms with E-state index in [4.69, 9.17) is 25.8 Å². The summed E-state index contributed by atoms with van der Waals surface area (Å²) in [5.41, 5.74) is 2.81. The van der Waals surface area contributed by atoms with E-state index < -0.39 is 17.3 Å². The number of amides is 1. The first-order valence-electron chi connectivity index (χ1n) is 9.96. The maximum Gasteiger partial charge on any atom is 0.280 e. The fourth-order valence-electron chi connectivity index (χ4n) is 3.48. The average molecular weight is 484 g/mol. The number of hydrogen-bond donors (Lipinski definition) is 1. The van der Waals surface area contributed by atoms with Crippen molar-refractivity contribution in [1.29, 1.82) is 0 Å². The molecule has 1 amide bonds. The number of aromatic nitrogens is 2. The monoisotopic (exact) mass is 483 g/mol. The van der Waals surface area contributed by atoms with Crippen molar-refractivity contribution >= 4 is 28.4 Å². The highest BCUT2D eigenvalue weighted by atomic mass is 35.5. The Morgan fingerprint density at radius 2 is 1.68 bits per heavy atom. The SMILES string of the molecule is COc1cc(-c2nc3ccccc3c(=O)n2NC(=O)c2ccc(F)cc2Cl)cc(OC)c1OC. The van der Waals surface area contributed by atoms with E-state index in [1.807, 2.05) is 0 Å². The van der Waals surface area contributed by atoms with Gasteiger partial charge in [0.15, 0.2) is 17.3 Å². The van der Waals surface area contributed by atoms with Crippen molar-refractivity contribution in [2.45, 2.75) is 0 Å². The molecule has 34 heavy (non-hydrogen) atoms. The summed E-state index contributed by atoms with van der Waals surface area (Å²) in [6, 6.07) is 13.3. The molecule has 0 saturated heterocycles. The maximum absolute atomic E-state index is 13.5. The third-order valence-electron chi connectivity index (χ3n) is 5.09. The predicted octanol–water partition coefficient (Wildman–Crippen LogP) is 4.27. The zero-order chi connectivity index (χ0) is 24.4. The molecule has 3 aromatic carbocycles. The van der Waals surface area contributed by atoms with Crippen LogP contribution < -0.4 is 25.2 Å². The molecular formula is C24H19ClFN3O5. The van der Waals surface area contributed by atoms with Crippen molar-refractivity contribution in [3.05, 3.63) is 81.4 Å². The van der Waals surface area contributed by atoms with Crippen molar-refractivity contribution in [2.75, 3.05) is 26.8 Å². The molecule has 0 aliphatic carbocycles. The number of para-hydroxylation sites is 1. The topological polar surface area (TPSA) is 91.7 Å². The summed E-state index contributed by atoms with van der Waals surface area (Å²) in [6.07, 6.45) is 0. The van der Waals surface area contributed by atoms with E-state index >= 15 is 0 Å². The largest absolute Gasteiger partial charge is 0.493 e. The van der Waals surface area contributed by atoms with Gasteiger partial charge in [0, 0.05) is 5.56 Å². The summed E-state index contributed by atoms with van der Waals surface area (Å²) < 4.78 is 30.7. The molecule has 0 atom stereocenters. The molecule has 1 aromatic heterocycles. The van der Waals surface area contributed by atoms with Gasteiger partial charge >= 0.3 is 0 Å². The Bertz CT molecular complexity index is 1450. The van der Waals surface area contributed by atoms with Gasteiger partial charge in [-0.25, -0.2) is 9.37 Å². The fraction of sp³-hybridized carbons (Fsp3) is 0.125. The molecule has 4 rings (SSSR count). The number of nitrogens with zero attached hydrogens (tertiary/aromatic N) is 2. The molecule has 0 bridgehead atoms. The molecule has 0 aliphatic rings. The lowest BCUT2D eigenvalue weighted by molar-refractivity contribution is 0.101. The smallest absolute Gasteiger partial charge is 0.280 e. The Hall–Kier alpha value is -4.11. The van der Waals surface area contributed by atoms with E-state index in [2.05, 4.69) is 10.4 Å². The molecule has 0 saturated carbocycles. The number of halogens is 2. The number of benzene rings is 3. The summed E-state index contributed by atoms with van der Waals surface area (Å²) in [4.78, 5) is 31.0. The summed E-state index contributed by atoms with van der Waals surface area (Å²) in [6.45, 7) is 0. The average Bonchev–Trinajstić information content (AvgIpc) is 2.84. The molecule has 0 aliphatic heterocycles. The van der Waals surface area contributed by atoms with Gasteiger partial charge in [-0.2, -0.15) is 4.68 Å². The van der Waals surface area contributed by atoms with Crippen LogP contribution in [-0.4, -0.2) is 36.9 Å². The molecule has 0 spiro atoms. The van der Waals surface area contributed by atoms with Gasteiger partial charge in [-0.1, -0.05) is 23.7 Å². The van der Waals surface area contributed by atoms with Crippen LogP contribution in [0.15, 0.2) is 59.4 Å². The van der Waals surface area contributed by atoms with Crippen LogP contribution >= 0.6 is 11.6 Å². The van der Waals surface area contributed by atoms with Gasteiger partial charge < -0.3 is 14.2 Å². The highest BCUT2D eigenvalue weighted by Gasteiger charge is 2.21. The standard InChI is InChI=1S/C24H19ClFN3O5/c1-32-19-10-13(11-20(33-2)21(19)34-3)22-27-18-7-5-4-6-16(18)24(31)29(22)28-23(30)15-9-8-14(26)12-17(15)25/h4-12H,1-3H3,(H,28,30). The van der Waals surface area contributed by atoms with Crippen LogP contribution in [0.2, 0.25) is 5.02 Å². The molecule has 0 radical (unpaired) electrons. The molecule has 1 N–H and O–H groups in total. The normalized spacial score (nSPS) is 10.7. The molecule has 8 nitrogen and oxygen atoms in total. The van der Waals surface area contributed by atoms with Crippen LogP contribution in [0.5, 0.6) is 17.2 Å². The lowest BCUT2D eigenvalue weighted by Crippen LogP contribution is -2.35. The van der Waals surface area contributed by atoms with Crippen LogP contribution in [0.1, 0.15) is 10.4 Å². The number of fused-ring (bicyclic) bond motifs is 1. The van der Waals surface area contributed by atoms with Gasteiger partial charge in [-0.3, -0.25) is 15.0 Å². The second-order valence-corrected chi connectivity index (χ2v) is 7.48. The molecule has 0 fully saturated rings. The molecular weight excluding hydrogens is 465 g/mol. The van der Waals surface area contributed by atoms with Crippen LogP contribution in [0, 0.1) is 5.82 Å². The van der Waals surface area contributed by atoms with Gasteiger partial charge in [0.1, 0.15) is 5.82 Å². The number of carbonyl (C=O) groups is 1. The van der Waals surface area contributed by atoms with E-state index in [0.29, 0.717) is 28.3 Å². The number of carbonyl (C=O) groups excluding carboxylic acids is 1. The highest BCUT2D eigenvalue weighted by molar-refractivity contribution is 6.34. The van der Waals surface area contributed by atoms with Crippen molar-refractivity contribution in [1.82, 2.24) is 9.66 Å². The Balaban J connectivity index is 1.95. The van der Waals surface area contributed by atoms with Crippen molar-refractivity contribution in [2.24, 2.45) is 0 Å². The Morgan fingerprint density at radius 3 is 2.29 bits per heavy atom. The first kappa shape index (κ1) is 23.1. The lowest BCUT2D eigenvalue weighted by atomic mass is 10.1. The van der Waals surface area contributed by atoms with E-state index in [1.165, 1.54) is 27.4 Å². The molecule has 174 valence electrons. The Kier molecular flexibility index (Phi) is 6.38. The van der Waals surface area contributed by atoms with Crippen LogP contribution in [0.3, 0.4) is 0 Å². The van der Waals surface area contributed by atoms with Crippen LogP contribution in [-0.2, 0) is 0 Å². The number of methoxy groups -OCH3 is 3. The van der Waals surface area contributed by atoms with Gasteiger partial charge in [0.2, 0.25) is 5.75 Å². The summed E-state index contributed by atoms with van der Waals surface area (Å²) in [5, 5.41) is 0.179. The molecule has 1 heterocycles. The molecule has 4 aromatic rings. The van der Waals surface area contributed by atoms with Crippen LogP contribution in [0.25, 0.3) is 22.3 Å². The number of hydrogen-bond acceptors (Lipinski definition) is 6. The quantitative estimate of drug-likeness (QED) is 0.440. The first-order valence-corrected chi connectivity index (χ1v) is 10.3. The van der Waals surface area contributed by atoms with Gasteiger partial charge in [0.25, 0.3) is 11.5 Å². The second kappa shape index (κ2) is 9.40. The third-order valence-corrected chi connectivity index (χ3v) is 5.40. The van der Waals surface area contributed by atoms with E-state index in [-0.39, 0.29) is 21.8 Å². The number of rotatable bonds is 6. The van der Waals surface area contributed by atoms with E-state index in [9.17, 15) is 14.0 Å². The molecule has 0 unspecified atom stereocenters. The Labute approximate surface area is 198 Å². The third kappa shape index (κ3) is 4.13. The number of nitrogens with one attached hydrogen (secondary N) is 1. The Morgan fingerprint density at radius 1 is 1.00 bits per heavy atom. The summed E-state index contributed by atoms with van der Waals surface area (Å²) in [5.74, 6) is -0.195. The zero-order valence-electron chi connectivity index (χ0n) is 18.4. The minimum Gasteiger partial charge on any atom is -0.493 e.